The number of amides is 1. The Hall–Kier alpha value is -3.06. The molecule has 0 spiro atoms. The van der Waals surface area contributed by atoms with E-state index in [9.17, 15) is 4.79 Å². The van der Waals surface area contributed by atoms with Gasteiger partial charge >= 0.3 is 0 Å². The fourth-order valence-electron chi connectivity index (χ4n) is 4.42. The maximum absolute atomic E-state index is 12.6. The molecule has 4 rings (SSSR count). The van der Waals surface area contributed by atoms with Crippen LogP contribution in [0, 0.1) is 0 Å². The summed E-state index contributed by atoms with van der Waals surface area (Å²) in [5.74, 6) is 0.737. The van der Waals surface area contributed by atoms with Gasteiger partial charge in [-0.05, 0) is 84.3 Å². The van der Waals surface area contributed by atoms with Crippen LogP contribution in [0.15, 0.2) is 43.0 Å². The molecule has 2 aromatic heterocycles. The van der Waals surface area contributed by atoms with Gasteiger partial charge in [0, 0.05) is 41.0 Å². The molecule has 1 amide bonds. The van der Waals surface area contributed by atoms with Crippen LogP contribution in [-0.2, 0) is 0 Å². The first kappa shape index (κ1) is 23.1. The summed E-state index contributed by atoms with van der Waals surface area (Å²) in [5.41, 5.74) is 3.00. The number of carbonyl (C=O) groups excluding carboxylic acids is 1. The molecule has 174 valence electrons. The van der Waals surface area contributed by atoms with Crippen molar-refractivity contribution in [1.29, 1.82) is 0 Å². The third kappa shape index (κ3) is 5.66. The molecule has 7 nitrogen and oxygen atoms in total. The van der Waals surface area contributed by atoms with E-state index in [4.69, 9.17) is 0 Å². The number of aromatic nitrogens is 3. The van der Waals surface area contributed by atoms with E-state index < -0.39 is 0 Å². The number of rotatable bonds is 5. The van der Waals surface area contributed by atoms with Gasteiger partial charge in [-0.3, -0.25) is 9.78 Å². The topological polar surface area (TPSA) is 83.0 Å². The molecule has 0 bridgehead atoms. The molecule has 33 heavy (non-hydrogen) atoms. The van der Waals surface area contributed by atoms with Crippen LogP contribution in [0.25, 0.3) is 22.0 Å². The molecule has 7 heteroatoms. The van der Waals surface area contributed by atoms with Gasteiger partial charge in [-0.2, -0.15) is 0 Å². The Morgan fingerprint density at radius 1 is 1.00 bits per heavy atom. The third-order valence-corrected chi connectivity index (χ3v) is 6.23. The van der Waals surface area contributed by atoms with Crippen molar-refractivity contribution in [2.75, 3.05) is 19.4 Å². The second-order valence-electron chi connectivity index (χ2n) is 10.2. The summed E-state index contributed by atoms with van der Waals surface area (Å²) < 4.78 is 0. The highest BCUT2D eigenvalue weighted by Gasteiger charge is 2.23. The predicted molar refractivity (Wildman–Crippen MR) is 133 cm³/mol. The lowest BCUT2D eigenvalue weighted by atomic mass is 9.90. The number of hydrogen-bond donors (Lipinski definition) is 2. The zero-order chi connectivity index (χ0) is 23.6. The summed E-state index contributed by atoms with van der Waals surface area (Å²) in [6.45, 7) is 5.90. The number of carbonyl (C=O) groups is 1. The van der Waals surface area contributed by atoms with Crippen molar-refractivity contribution in [3.63, 3.8) is 0 Å². The van der Waals surface area contributed by atoms with Crippen LogP contribution in [0.3, 0.4) is 0 Å². The zero-order valence-electron chi connectivity index (χ0n) is 20.2. The Morgan fingerprint density at radius 2 is 1.76 bits per heavy atom. The van der Waals surface area contributed by atoms with Crippen molar-refractivity contribution >= 4 is 22.6 Å². The molecular weight excluding hydrogens is 412 g/mol. The molecule has 2 N–H and O–H groups in total. The Bertz CT molecular complexity index is 1130. The van der Waals surface area contributed by atoms with E-state index in [1.807, 2.05) is 39.0 Å². The average molecular weight is 447 g/mol. The van der Waals surface area contributed by atoms with Crippen molar-refractivity contribution in [3.8, 4) is 11.1 Å². The lowest BCUT2D eigenvalue weighted by molar-refractivity contribution is 0.0919. The fraction of sp³-hybridized carbons (Fsp3) is 0.462. The van der Waals surface area contributed by atoms with Crippen molar-refractivity contribution in [2.24, 2.45) is 0 Å². The molecule has 1 aromatic carbocycles. The van der Waals surface area contributed by atoms with Gasteiger partial charge in [-0.15, -0.1) is 0 Å². The molecule has 0 unspecified atom stereocenters. The lowest BCUT2D eigenvalue weighted by Crippen LogP contribution is -2.40. The highest BCUT2D eigenvalue weighted by atomic mass is 16.1. The minimum atomic E-state index is -0.306. The number of nitrogens with one attached hydrogen (secondary N) is 2. The SMILES string of the molecule is CN(C)C1CCC(Nc2ncnc3ccc(-c4cncc(C(=O)NC(C)(C)C)c4)cc23)CC1. The molecule has 1 aliphatic carbocycles. The first-order valence-corrected chi connectivity index (χ1v) is 11.7. The van der Waals surface area contributed by atoms with Gasteiger partial charge in [0.05, 0.1) is 11.1 Å². The Morgan fingerprint density at radius 3 is 2.45 bits per heavy atom. The van der Waals surface area contributed by atoms with Gasteiger partial charge in [-0.25, -0.2) is 9.97 Å². The zero-order valence-corrected chi connectivity index (χ0v) is 20.2. The van der Waals surface area contributed by atoms with Crippen LogP contribution in [-0.4, -0.2) is 57.5 Å². The number of anilines is 1. The van der Waals surface area contributed by atoms with Crippen LogP contribution in [0.4, 0.5) is 5.82 Å². The summed E-state index contributed by atoms with van der Waals surface area (Å²) in [7, 11) is 4.32. The minimum Gasteiger partial charge on any atom is -0.367 e. The number of benzene rings is 1. The summed E-state index contributed by atoms with van der Waals surface area (Å²) >= 11 is 0. The van der Waals surface area contributed by atoms with Crippen LogP contribution < -0.4 is 10.6 Å². The van der Waals surface area contributed by atoms with Crippen LogP contribution in [0.1, 0.15) is 56.8 Å². The molecule has 1 fully saturated rings. The Balaban J connectivity index is 1.58. The highest BCUT2D eigenvalue weighted by Crippen LogP contribution is 2.30. The molecule has 0 aliphatic heterocycles. The predicted octanol–water partition coefficient (Wildman–Crippen LogP) is 4.50. The average Bonchev–Trinajstić information content (AvgIpc) is 2.78. The van der Waals surface area contributed by atoms with Gasteiger partial charge in [0.15, 0.2) is 0 Å². The fourth-order valence-corrected chi connectivity index (χ4v) is 4.42. The number of hydrogen-bond acceptors (Lipinski definition) is 6. The first-order chi connectivity index (χ1) is 15.7. The van der Waals surface area contributed by atoms with Crippen LogP contribution in [0.2, 0.25) is 0 Å². The van der Waals surface area contributed by atoms with Gasteiger partial charge in [0.2, 0.25) is 0 Å². The lowest BCUT2D eigenvalue weighted by Gasteiger charge is -2.33. The van der Waals surface area contributed by atoms with Crippen molar-refractivity contribution in [1.82, 2.24) is 25.2 Å². The molecular formula is C26H34N6O. The number of pyridine rings is 1. The molecule has 0 atom stereocenters. The Labute approximate surface area is 196 Å². The maximum atomic E-state index is 12.6. The van der Waals surface area contributed by atoms with Gasteiger partial charge in [-0.1, -0.05) is 6.07 Å². The minimum absolute atomic E-state index is 0.128. The maximum Gasteiger partial charge on any atom is 0.253 e. The van der Waals surface area contributed by atoms with E-state index in [0.717, 1.165) is 40.7 Å². The van der Waals surface area contributed by atoms with Gasteiger partial charge in [0.25, 0.3) is 5.91 Å². The van der Waals surface area contributed by atoms with Crippen molar-refractivity contribution in [2.45, 2.75) is 64.1 Å². The third-order valence-electron chi connectivity index (χ3n) is 6.23. The van der Waals surface area contributed by atoms with Crippen LogP contribution >= 0.6 is 0 Å². The molecule has 2 heterocycles. The quantitative estimate of drug-likeness (QED) is 0.600. The number of fused-ring (bicyclic) bond motifs is 1. The summed E-state index contributed by atoms with van der Waals surface area (Å²) in [5, 5.41) is 7.65. The van der Waals surface area contributed by atoms with E-state index in [0.29, 0.717) is 17.6 Å². The molecule has 0 saturated heterocycles. The largest absolute Gasteiger partial charge is 0.367 e. The van der Waals surface area contributed by atoms with Crippen molar-refractivity contribution in [3.05, 3.63) is 48.5 Å². The van der Waals surface area contributed by atoms with E-state index in [2.05, 4.69) is 50.6 Å². The molecule has 1 aliphatic rings. The molecule has 3 aromatic rings. The second-order valence-corrected chi connectivity index (χ2v) is 10.2. The smallest absolute Gasteiger partial charge is 0.253 e. The Kier molecular flexibility index (Phi) is 6.61. The van der Waals surface area contributed by atoms with E-state index in [1.54, 1.807) is 18.7 Å². The van der Waals surface area contributed by atoms with Crippen molar-refractivity contribution < 1.29 is 4.79 Å². The summed E-state index contributed by atoms with van der Waals surface area (Å²) in [6.07, 6.45) is 9.64. The normalized spacial score (nSPS) is 19.0. The monoisotopic (exact) mass is 446 g/mol. The van der Waals surface area contributed by atoms with Crippen LogP contribution in [0.5, 0.6) is 0 Å². The van der Waals surface area contributed by atoms with E-state index in [-0.39, 0.29) is 11.4 Å². The summed E-state index contributed by atoms with van der Waals surface area (Å²) in [6, 6.07) is 9.06. The first-order valence-electron chi connectivity index (χ1n) is 11.7. The van der Waals surface area contributed by atoms with E-state index in [1.165, 1.54) is 12.8 Å². The number of nitrogens with zero attached hydrogens (tertiary/aromatic N) is 4. The standard InChI is InChI=1S/C26H34N6O/c1-26(2,3)31-25(33)19-12-18(14-27-15-19)17-6-11-23-22(13-17)24(29-16-28-23)30-20-7-9-21(10-8-20)32(4)5/h6,11-16,20-21H,7-10H2,1-5H3,(H,31,33)(H,28,29,30). The highest BCUT2D eigenvalue weighted by molar-refractivity contribution is 5.96. The second kappa shape index (κ2) is 9.43. The van der Waals surface area contributed by atoms with Gasteiger partial charge in [0.1, 0.15) is 12.1 Å². The summed E-state index contributed by atoms with van der Waals surface area (Å²) in [4.78, 5) is 28.3. The molecule has 1 saturated carbocycles. The molecule has 0 radical (unpaired) electrons. The van der Waals surface area contributed by atoms with E-state index >= 15 is 0 Å². The van der Waals surface area contributed by atoms with Gasteiger partial charge < -0.3 is 15.5 Å².